The zero-order valence-corrected chi connectivity index (χ0v) is 19.8. The first-order valence-electron chi connectivity index (χ1n) is 11.0. The predicted molar refractivity (Wildman–Crippen MR) is 123 cm³/mol. The van der Waals surface area contributed by atoms with Crippen molar-refractivity contribution < 1.29 is 44.8 Å². The van der Waals surface area contributed by atoms with Gasteiger partial charge in [-0.25, -0.2) is 0 Å². The fourth-order valence-corrected chi connectivity index (χ4v) is 3.84. The summed E-state index contributed by atoms with van der Waals surface area (Å²) in [4.78, 5) is 25.2. The Morgan fingerprint density at radius 1 is 0.882 bits per heavy atom. The highest BCUT2D eigenvalue weighted by Gasteiger charge is 2.44. The lowest BCUT2D eigenvalue weighted by molar-refractivity contribution is -0.437. The molecule has 1 aliphatic heterocycles. The molecule has 190 valence electrons. The highest BCUT2D eigenvalue weighted by atomic mass is 16.3. The molecular weight excluding hydrogens is 446 g/mol. The van der Waals surface area contributed by atoms with Crippen LogP contribution in [0.1, 0.15) is 43.1 Å². The Kier molecular flexibility index (Phi) is 8.92. The number of aliphatic hydroxyl groups excluding tert-OH is 6. The van der Waals surface area contributed by atoms with Crippen molar-refractivity contribution >= 4 is 23.2 Å². The molecule has 0 saturated heterocycles. The lowest BCUT2D eigenvalue weighted by Crippen LogP contribution is -2.57. The van der Waals surface area contributed by atoms with Crippen molar-refractivity contribution in [2.75, 3.05) is 46.2 Å². The molecule has 0 unspecified atom stereocenters. The Bertz CT molecular complexity index is 920. The Balaban J connectivity index is 2.25. The number of benzene rings is 1. The first kappa shape index (κ1) is 27.8. The number of nitrogens with one attached hydrogen (secondary N) is 2. The molecule has 11 nitrogen and oxygen atoms in total. The van der Waals surface area contributed by atoms with Gasteiger partial charge in [0.25, 0.3) is 5.91 Å². The monoisotopic (exact) mass is 482 g/mol. The van der Waals surface area contributed by atoms with Crippen molar-refractivity contribution in [2.45, 2.75) is 43.7 Å². The Labute approximate surface area is 198 Å². The van der Waals surface area contributed by atoms with E-state index in [2.05, 4.69) is 10.6 Å². The van der Waals surface area contributed by atoms with Gasteiger partial charge in [0.05, 0.1) is 51.5 Å². The third-order valence-electron chi connectivity index (χ3n) is 6.69. The Morgan fingerprint density at radius 3 is 1.88 bits per heavy atom. The molecule has 1 aromatic carbocycles. The fourth-order valence-electron chi connectivity index (χ4n) is 3.84. The molecule has 1 aliphatic rings. The summed E-state index contributed by atoms with van der Waals surface area (Å²) < 4.78 is 1.95. The minimum atomic E-state index is -1.54. The van der Waals surface area contributed by atoms with E-state index in [1.165, 1.54) is 0 Å². The van der Waals surface area contributed by atoms with Gasteiger partial charge in [0.2, 0.25) is 11.6 Å². The lowest BCUT2D eigenvalue weighted by atomic mass is 9.81. The zero-order chi connectivity index (χ0) is 25.7. The van der Waals surface area contributed by atoms with Crippen LogP contribution in [0.4, 0.5) is 5.69 Å². The number of rotatable bonds is 12. The molecule has 0 saturated carbocycles. The van der Waals surface area contributed by atoms with E-state index in [4.69, 9.17) is 0 Å². The molecule has 1 heterocycles. The molecule has 11 heteroatoms. The topological polar surface area (TPSA) is 183 Å². The quantitative estimate of drug-likeness (QED) is 0.154. The first-order chi connectivity index (χ1) is 16.0. The van der Waals surface area contributed by atoms with Gasteiger partial charge in [-0.3, -0.25) is 9.59 Å². The minimum absolute atomic E-state index is 0.0306. The molecule has 0 spiro atoms. The van der Waals surface area contributed by atoms with E-state index < -0.39 is 67.9 Å². The third-order valence-corrected chi connectivity index (χ3v) is 6.69. The van der Waals surface area contributed by atoms with Crippen LogP contribution in [0.3, 0.4) is 0 Å². The van der Waals surface area contributed by atoms with Gasteiger partial charge in [0.1, 0.15) is 11.1 Å². The number of hydrogen-bond acceptors (Lipinski definition) is 8. The summed E-state index contributed by atoms with van der Waals surface area (Å²) in [6.07, 6.45) is 0.0306. The maximum absolute atomic E-state index is 12.8. The summed E-state index contributed by atoms with van der Waals surface area (Å²) in [5, 5.41) is 61.7. The van der Waals surface area contributed by atoms with Crippen LogP contribution < -0.4 is 10.6 Å². The molecule has 0 fully saturated rings. The largest absolute Gasteiger partial charge is 0.394 e. The average molecular weight is 483 g/mol. The standard InChI is InChI=1S/C23H35N3O8/c1-15-21(2,3)17-8-16(20(34)25-23(12-30,13-31)14-32)4-5-18(17)26(15)7-6-19(33)24-22(9-27,10-28)11-29/h4-5,8,27-32H,6-7,9-14H2,1-3H3,(H-,24,25,33,34)/p+1. The van der Waals surface area contributed by atoms with Gasteiger partial charge in [0.15, 0.2) is 12.3 Å². The van der Waals surface area contributed by atoms with Crippen LogP contribution in [0.2, 0.25) is 0 Å². The summed E-state index contributed by atoms with van der Waals surface area (Å²) in [5.74, 6) is -1.000. The number of carbonyl (C=O) groups is 2. The molecule has 0 atom stereocenters. The first-order valence-corrected chi connectivity index (χ1v) is 11.0. The summed E-state index contributed by atoms with van der Waals surface area (Å²) in [6, 6.07) is 5.04. The van der Waals surface area contributed by atoms with E-state index in [1.54, 1.807) is 18.2 Å². The van der Waals surface area contributed by atoms with Crippen molar-refractivity contribution in [1.29, 1.82) is 0 Å². The molecule has 1 aromatic rings. The molecule has 0 radical (unpaired) electrons. The number of hydrogen-bond donors (Lipinski definition) is 8. The van der Waals surface area contributed by atoms with Crippen LogP contribution in [-0.2, 0) is 10.2 Å². The fraction of sp³-hybridized carbons (Fsp3) is 0.609. The molecule has 0 aliphatic carbocycles. The summed E-state index contributed by atoms with van der Waals surface area (Å²) >= 11 is 0. The van der Waals surface area contributed by atoms with E-state index in [0.29, 0.717) is 6.54 Å². The van der Waals surface area contributed by atoms with Gasteiger partial charge in [-0.1, -0.05) is 0 Å². The van der Waals surface area contributed by atoms with E-state index in [-0.39, 0.29) is 12.0 Å². The molecular formula is C23H36N3O8+. The molecule has 2 rings (SSSR count). The number of carbonyl (C=O) groups excluding carboxylic acids is 2. The second kappa shape index (κ2) is 10.9. The molecule has 34 heavy (non-hydrogen) atoms. The molecule has 8 N–H and O–H groups in total. The molecule has 0 aromatic heterocycles. The van der Waals surface area contributed by atoms with Gasteiger partial charge in [0, 0.05) is 24.1 Å². The highest BCUT2D eigenvalue weighted by Crippen LogP contribution is 2.40. The van der Waals surface area contributed by atoms with E-state index >= 15 is 0 Å². The van der Waals surface area contributed by atoms with Crippen LogP contribution >= 0.6 is 0 Å². The van der Waals surface area contributed by atoms with E-state index in [9.17, 15) is 40.2 Å². The van der Waals surface area contributed by atoms with Gasteiger partial charge in [-0.05, 0) is 26.0 Å². The number of nitrogens with zero attached hydrogens (tertiary/aromatic N) is 1. The zero-order valence-electron chi connectivity index (χ0n) is 19.8. The van der Waals surface area contributed by atoms with Crippen molar-refractivity contribution in [3.8, 4) is 0 Å². The number of fused-ring (bicyclic) bond motifs is 1. The number of amides is 2. The summed E-state index contributed by atoms with van der Waals surface area (Å²) in [7, 11) is 0. The van der Waals surface area contributed by atoms with Crippen molar-refractivity contribution in [3.63, 3.8) is 0 Å². The maximum Gasteiger partial charge on any atom is 0.251 e. The second-order valence-corrected chi connectivity index (χ2v) is 9.36. The second-order valence-electron chi connectivity index (χ2n) is 9.36. The van der Waals surface area contributed by atoms with Crippen molar-refractivity contribution in [1.82, 2.24) is 10.6 Å². The SMILES string of the molecule is CC1=[N+](CCC(=O)NC(CO)(CO)CO)c2ccc(C(=O)NC(CO)(CO)CO)cc2C1(C)C. The summed E-state index contributed by atoms with van der Waals surface area (Å²) in [5.41, 5.74) is -0.612. The minimum Gasteiger partial charge on any atom is -0.394 e. The van der Waals surface area contributed by atoms with Crippen LogP contribution in [0.5, 0.6) is 0 Å². The van der Waals surface area contributed by atoms with Gasteiger partial charge in [-0.15, -0.1) is 0 Å². The number of aliphatic hydroxyl groups is 6. The van der Waals surface area contributed by atoms with Gasteiger partial charge >= 0.3 is 0 Å². The lowest BCUT2D eigenvalue weighted by Gasteiger charge is -2.28. The molecule has 0 bridgehead atoms. The van der Waals surface area contributed by atoms with Crippen molar-refractivity contribution in [2.24, 2.45) is 0 Å². The van der Waals surface area contributed by atoms with Crippen LogP contribution in [0.15, 0.2) is 18.2 Å². The Morgan fingerprint density at radius 2 is 1.38 bits per heavy atom. The van der Waals surface area contributed by atoms with Crippen LogP contribution in [0, 0.1) is 0 Å². The normalized spacial score (nSPS) is 15.3. The van der Waals surface area contributed by atoms with E-state index in [0.717, 1.165) is 17.0 Å². The van der Waals surface area contributed by atoms with Gasteiger partial charge in [-0.2, -0.15) is 4.58 Å². The van der Waals surface area contributed by atoms with Crippen LogP contribution in [0.25, 0.3) is 0 Å². The van der Waals surface area contributed by atoms with E-state index in [1.807, 2.05) is 25.3 Å². The summed E-state index contributed by atoms with van der Waals surface area (Å²) in [6.45, 7) is 2.47. The maximum atomic E-state index is 12.8. The predicted octanol–water partition coefficient (Wildman–Crippen LogP) is -2.25. The smallest absolute Gasteiger partial charge is 0.251 e. The third kappa shape index (κ3) is 5.29. The van der Waals surface area contributed by atoms with Crippen LogP contribution in [-0.4, -0.2) is 110 Å². The highest BCUT2D eigenvalue weighted by molar-refractivity contribution is 5.98. The Hall–Kier alpha value is -2.41. The average Bonchev–Trinajstić information content (AvgIpc) is 3.04. The van der Waals surface area contributed by atoms with Gasteiger partial charge < -0.3 is 41.3 Å². The molecule has 2 amide bonds. The van der Waals surface area contributed by atoms with Crippen molar-refractivity contribution in [3.05, 3.63) is 29.3 Å².